The van der Waals surface area contributed by atoms with Crippen molar-refractivity contribution in [1.29, 1.82) is 0 Å². The lowest BCUT2D eigenvalue weighted by Gasteiger charge is -2.06. The van der Waals surface area contributed by atoms with E-state index in [-0.39, 0.29) is 0 Å². The highest BCUT2D eigenvalue weighted by Crippen LogP contribution is 2.31. The highest BCUT2D eigenvalue weighted by Gasteiger charge is 2.01. The van der Waals surface area contributed by atoms with Crippen LogP contribution in [-0.4, -0.2) is 18.1 Å². The van der Waals surface area contributed by atoms with Crippen molar-refractivity contribution < 1.29 is 13.9 Å². The molecule has 4 heteroatoms. The van der Waals surface area contributed by atoms with Crippen molar-refractivity contribution in [1.82, 2.24) is 0 Å². The zero-order valence-corrected chi connectivity index (χ0v) is 14.9. The van der Waals surface area contributed by atoms with Gasteiger partial charge in [0.05, 0.1) is 13.2 Å². The molecule has 0 radical (unpaired) electrons. The summed E-state index contributed by atoms with van der Waals surface area (Å²) in [6.45, 7) is 6.70. The van der Waals surface area contributed by atoms with Crippen LogP contribution in [-0.2, 0) is 9.05 Å². The van der Waals surface area contributed by atoms with Gasteiger partial charge in [0.1, 0.15) is 0 Å². The van der Waals surface area contributed by atoms with Gasteiger partial charge in [0, 0.05) is 0 Å². The Morgan fingerprint density at radius 3 is 1.57 bits per heavy atom. The number of allylic oxidation sites excluding steroid dienone is 1. The van der Waals surface area contributed by atoms with Crippen LogP contribution in [0.1, 0.15) is 31.9 Å². The zero-order chi connectivity index (χ0) is 16.9. The van der Waals surface area contributed by atoms with Gasteiger partial charge in [0.15, 0.2) is 0 Å². The highest BCUT2D eigenvalue weighted by molar-refractivity contribution is 7.40. The lowest BCUT2D eigenvalue weighted by Crippen LogP contribution is -1.87. The Balaban J connectivity index is 0.000000284. The average molecular weight is 332 g/mol. The van der Waals surface area contributed by atoms with E-state index in [9.17, 15) is 0 Å². The van der Waals surface area contributed by atoms with Gasteiger partial charge in [-0.15, -0.1) is 0 Å². The molecule has 2 aromatic rings. The van der Waals surface area contributed by atoms with Crippen LogP contribution in [0.3, 0.4) is 0 Å². The molecule has 0 aliphatic rings. The SMILES string of the molecule is CC=C(c1ccccc1)c1ccccc1.CCOP(O)OCC. The van der Waals surface area contributed by atoms with E-state index in [1.165, 1.54) is 16.7 Å². The number of rotatable bonds is 6. The predicted octanol–water partition coefficient (Wildman–Crippen LogP) is 5.42. The molecule has 0 heterocycles. The number of hydrogen-bond acceptors (Lipinski definition) is 3. The predicted molar refractivity (Wildman–Crippen MR) is 98.0 cm³/mol. The first-order chi connectivity index (χ1) is 11.2. The first kappa shape index (κ1) is 19.5. The van der Waals surface area contributed by atoms with E-state index in [0.29, 0.717) is 13.2 Å². The smallest absolute Gasteiger partial charge is 0.328 e. The highest BCUT2D eigenvalue weighted by atomic mass is 31.2. The third-order valence-corrected chi connectivity index (χ3v) is 3.90. The van der Waals surface area contributed by atoms with Crippen LogP contribution in [0, 0.1) is 0 Å². The Morgan fingerprint density at radius 1 is 0.870 bits per heavy atom. The average Bonchev–Trinajstić information content (AvgIpc) is 2.59. The van der Waals surface area contributed by atoms with Gasteiger partial charge in [-0.25, -0.2) is 0 Å². The van der Waals surface area contributed by atoms with Crippen molar-refractivity contribution in [3.05, 3.63) is 77.9 Å². The van der Waals surface area contributed by atoms with Crippen LogP contribution in [0.5, 0.6) is 0 Å². The summed E-state index contributed by atoms with van der Waals surface area (Å²) < 4.78 is 9.36. The van der Waals surface area contributed by atoms with Gasteiger partial charge in [-0.2, -0.15) is 0 Å². The van der Waals surface area contributed by atoms with Gasteiger partial charge in [-0.1, -0.05) is 66.7 Å². The molecule has 0 saturated heterocycles. The normalized spacial score (nSPS) is 9.96. The van der Waals surface area contributed by atoms with E-state index in [4.69, 9.17) is 4.89 Å². The molecule has 0 aliphatic heterocycles. The molecule has 0 unspecified atom stereocenters. The van der Waals surface area contributed by atoms with Gasteiger partial charge in [0.2, 0.25) is 0 Å². The molecule has 0 aliphatic carbocycles. The lowest BCUT2D eigenvalue weighted by molar-refractivity contribution is 0.216. The summed E-state index contributed by atoms with van der Waals surface area (Å²) in [5.41, 5.74) is 3.83. The second kappa shape index (κ2) is 12.0. The Bertz CT molecular complexity index is 508. The minimum Gasteiger partial charge on any atom is -0.328 e. The number of benzene rings is 2. The quantitative estimate of drug-likeness (QED) is 0.718. The van der Waals surface area contributed by atoms with E-state index in [2.05, 4.69) is 70.6 Å². The summed E-state index contributed by atoms with van der Waals surface area (Å²) in [6, 6.07) is 20.9. The second-order valence-electron chi connectivity index (χ2n) is 4.51. The van der Waals surface area contributed by atoms with Crippen molar-refractivity contribution >= 4 is 14.2 Å². The molecular weight excluding hydrogens is 307 g/mol. The fourth-order valence-electron chi connectivity index (χ4n) is 1.99. The molecule has 23 heavy (non-hydrogen) atoms. The van der Waals surface area contributed by atoms with Crippen molar-refractivity contribution in [2.75, 3.05) is 13.2 Å². The molecule has 3 nitrogen and oxygen atoms in total. The van der Waals surface area contributed by atoms with Crippen molar-refractivity contribution in [2.45, 2.75) is 20.8 Å². The molecule has 0 fully saturated rings. The molecule has 0 spiro atoms. The third kappa shape index (κ3) is 7.54. The largest absolute Gasteiger partial charge is 0.329 e. The molecular formula is C19H25O3P. The lowest BCUT2D eigenvalue weighted by atomic mass is 9.98. The van der Waals surface area contributed by atoms with Crippen LogP contribution < -0.4 is 0 Å². The molecule has 1 N–H and O–H groups in total. The van der Waals surface area contributed by atoms with Crippen LogP contribution in [0.4, 0.5) is 0 Å². The van der Waals surface area contributed by atoms with Crippen LogP contribution in [0.15, 0.2) is 66.7 Å². The summed E-state index contributed by atoms with van der Waals surface area (Å²) in [6.07, 6.45) is 2.16. The Labute approximate surface area is 140 Å². The molecule has 0 atom stereocenters. The standard InChI is InChI=1S/C15H14.C4H11O3P/c1-2-15(13-9-5-3-6-10-13)14-11-7-4-8-12-14;1-3-6-8(5)7-4-2/h2-12H,1H3;5H,3-4H2,1-2H3. The molecule has 2 aromatic carbocycles. The van der Waals surface area contributed by atoms with Gasteiger partial charge < -0.3 is 13.9 Å². The van der Waals surface area contributed by atoms with E-state index < -0.39 is 8.60 Å². The Kier molecular flexibility index (Phi) is 10.2. The van der Waals surface area contributed by atoms with E-state index in [0.717, 1.165) is 0 Å². The maximum absolute atomic E-state index is 8.67. The molecule has 0 bridgehead atoms. The summed E-state index contributed by atoms with van der Waals surface area (Å²) >= 11 is 0. The monoisotopic (exact) mass is 332 g/mol. The van der Waals surface area contributed by atoms with Crippen molar-refractivity contribution in [3.8, 4) is 0 Å². The van der Waals surface area contributed by atoms with Crippen LogP contribution in [0.25, 0.3) is 5.57 Å². The van der Waals surface area contributed by atoms with Crippen LogP contribution in [0.2, 0.25) is 0 Å². The zero-order valence-electron chi connectivity index (χ0n) is 14.0. The molecule has 0 saturated carbocycles. The van der Waals surface area contributed by atoms with E-state index in [1.54, 1.807) is 0 Å². The van der Waals surface area contributed by atoms with Crippen molar-refractivity contribution in [2.24, 2.45) is 0 Å². The fraction of sp³-hybridized carbons (Fsp3) is 0.263. The summed E-state index contributed by atoms with van der Waals surface area (Å²) in [7, 11) is -1.58. The first-order valence-electron chi connectivity index (χ1n) is 7.74. The molecule has 0 amide bonds. The maximum Gasteiger partial charge on any atom is 0.329 e. The van der Waals surface area contributed by atoms with Crippen LogP contribution >= 0.6 is 8.60 Å². The Morgan fingerprint density at radius 2 is 1.26 bits per heavy atom. The van der Waals surface area contributed by atoms with Gasteiger partial charge in [-0.05, 0) is 37.5 Å². The topological polar surface area (TPSA) is 38.7 Å². The third-order valence-electron chi connectivity index (χ3n) is 2.94. The molecule has 124 valence electrons. The Hall–Kier alpha value is -1.51. The van der Waals surface area contributed by atoms with E-state index in [1.807, 2.05) is 26.0 Å². The van der Waals surface area contributed by atoms with Gasteiger partial charge >= 0.3 is 8.60 Å². The number of hydrogen-bond donors (Lipinski definition) is 1. The maximum atomic E-state index is 8.67. The van der Waals surface area contributed by atoms with Gasteiger partial charge in [-0.3, -0.25) is 0 Å². The minimum absolute atomic E-state index is 0.502. The summed E-state index contributed by atoms with van der Waals surface area (Å²) in [5.74, 6) is 0. The van der Waals surface area contributed by atoms with Crippen molar-refractivity contribution in [3.63, 3.8) is 0 Å². The molecule has 0 aromatic heterocycles. The van der Waals surface area contributed by atoms with Gasteiger partial charge in [0.25, 0.3) is 0 Å². The second-order valence-corrected chi connectivity index (χ2v) is 5.50. The molecule has 2 rings (SSSR count). The summed E-state index contributed by atoms with van der Waals surface area (Å²) in [4.78, 5) is 8.67. The first-order valence-corrected chi connectivity index (χ1v) is 8.87. The van der Waals surface area contributed by atoms with E-state index >= 15 is 0 Å². The summed E-state index contributed by atoms with van der Waals surface area (Å²) in [5, 5.41) is 0. The fourth-order valence-corrected chi connectivity index (χ4v) is 2.51. The minimum atomic E-state index is -1.58.